The second-order valence-corrected chi connectivity index (χ2v) is 11.4. The van der Waals surface area contributed by atoms with Gasteiger partial charge in [0, 0.05) is 24.1 Å². The lowest BCUT2D eigenvalue weighted by Gasteiger charge is -2.36. The Kier molecular flexibility index (Phi) is 9.40. The van der Waals surface area contributed by atoms with Crippen molar-refractivity contribution in [1.82, 2.24) is 14.9 Å². The maximum Gasteiger partial charge on any atom is 0.251 e. The zero-order valence-electron chi connectivity index (χ0n) is 23.8. The maximum absolute atomic E-state index is 12.6. The van der Waals surface area contributed by atoms with Crippen LogP contribution in [-0.4, -0.2) is 26.7 Å². The van der Waals surface area contributed by atoms with Crippen molar-refractivity contribution in [2.24, 2.45) is 0 Å². The molecule has 224 valence electrons. The number of halogens is 2. The van der Waals surface area contributed by atoms with E-state index in [1.165, 1.54) is 0 Å². The van der Waals surface area contributed by atoms with Crippen LogP contribution >= 0.6 is 23.2 Å². The van der Waals surface area contributed by atoms with Crippen LogP contribution in [0.1, 0.15) is 51.4 Å². The molecule has 7 nitrogen and oxygen atoms in total. The predicted molar refractivity (Wildman–Crippen MR) is 170 cm³/mol. The smallest absolute Gasteiger partial charge is 0.251 e. The van der Waals surface area contributed by atoms with Crippen LogP contribution in [-0.2, 0) is 29.2 Å². The Morgan fingerprint density at radius 3 is 2.30 bits per heavy atom. The molecule has 0 spiro atoms. The Morgan fingerprint density at radius 2 is 1.59 bits per heavy atom. The molecule has 2 N–H and O–H groups in total. The van der Waals surface area contributed by atoms with Gasteiger partial charge < -0.3 is 24.5 Å². The SMILES string of the molecule is O=C(NCc1ccccc1-c1ccc(C2OC(Cn3cnc(Cl)c3Cl)CC(c3ccc(CO)cc3)O2)cc1)c1ccccc1. The Morgan fingerprint density at radius 1 is 0.886 bits per heavy atom. The van der Waals surface area contributed by atoms with Crippen LogP contribution < -0.4 is 5.32 Å². The lowest BCUT2D eigenvalue weighted by atomic mass is 9.97. The monoisotopic (exact) mass is 627 g/mol. The molecule has 6 rings (SSSR count). The van der Waals surface area contributed by atoms with Gasteiger partial charge in [0.1, 0.15) is 5.15 Å². The second kappa shape index (κ2) is 13.8. The van der Waals surface area contributed by atoms with E-state index in [2.05, 4.69) is 16.4 Å². The fourth-order valence-electron chi connectivity index (χ4n) is 5.37. The number of nitrogens with zero attached hydrogens (tertiary/aromatic N) is 2. The molecule has 1 aliphatic heterocycles. The number of aromatic nitrogens is 2. The van der Waals surface area contributed by atoms with Crippen LogP contribution in [0.3, 0.4) is 0 Å². The number of rotatable bonds is 9. The van der Waals surface area contributed by atoms with E-state index in [9.17, 15) is 9.90 Å². The number of aliphatic hydroxyl groups excluding tert-OH is 1. The maximum atomic E-state index is 12.6. The van der Waals surface area contributed by atoms with Crippen molar-refractivity contribution in [3.05, 3.63) is 148 Å². The van der Waals surface area contributed by atoms with E-state index in [0.717, 1.165) is 33.4 Å². The third kappa shape index (κ3) is 6.88. The topological polar surface area (TPSA) is 85.6 Å². The van der Waals surface area contributed by atoms with E-state index >= 15 is 0 Å². The Balaban J connectivity index is 1.21. The minimum absolute atomic E-state index is 0.0189. The van der Waals surface area contributed by atoms with Gasteiger partial charge in [0.05, 0.1) is 31.7 Å². The molecule has 4 aromatic carbocycles. The normalized spacial score (nSPS) is 18.2. The highest BCUT2D eigenvalue weighted by molar-refractivity contribution is 6.40. The molecule has 3 unspecified atom stereocenters. The summed E-state index contributed by atoms with van der Waals surface area (Å²) >= 11 is 12.5. The number of carbonyl (C=O) groups excluding carboxylic acids is 1. The van der Waals surface area contributed by atoms with Gasteiger partial charge in [0.2, 0.25) is 0 Å². The number of amides is 1. The average molecular weight is 629 g/mol. The Bertz CT molecular complexity index is 1710. The molecule has 3 atom stereocenters. The van der Waals surface area contributed by atoms with Crippen LogP contribution in [0, 0.1) is 0 Å². The summed E-state index contributed by atoms with van der Waals surface area (Å²) in [6.45, 7) is 0.846. The second-order valence-electron chi connectivity index (χ2n) is 10.7. The number of carbonyl (C=O) groups is 1. The Labute approximate surface area is 266 Å². The molecular formula is C35H31Cl2N3O4. The van der Waals surface area contributed by atoms with Crippen molar-refractivity contribution in [3.8, 4) is 11.1 Å². The van der Waals surface area contributed by atoms with Crippen LogP contribution in [0.5, 0.6) is 0 Å². The van der Waals surface area contributed by atoms with Gasteiger partial charge in [0.15, 0.2) is 11.4 Å². The number of benzene rings is 4. The highest BCUT2D eigenvalue weighted by atomic mass is 35.5. The van der Waals surface area contributed by atoms with E-state index in [-0.39, 0.29) is 29.9 Å². The number of aliphatic hydroxyl groups is 1. The van der Waals surface area contributed by atoms with Crippen molar-refractivity contribution < 1.29 is 19.4 Å². The summed E-state index contributed by atoms with van der Waals surface area (Å²) in [6.07, 6.45) is 1.12. The van der Waals surface area contributed by atoms with Gasteiger partial charge in [-0.2, -0.15) is 0 Å². The van der Waals surface area contributed by atoms with Gasteiger partial charge >= 0.3 is 0 Å². The van der Waals surface area contributed by atoms with Crippen molar-refractivity contribution >= 4 is 29.1 Å². The highest BCUT2D eigenvalue weighted by Crippen LogP contribution is 2.39. The molecule has 1 saturated heterocycles. The lowest BCUT2D eigenvalue weighted by Crippen LogP contribution is -2.32. The minimum Gasteiger partial charge on any atom is -0.392 e. The zero-order chi connectivity index (χ0) is 30.5. The zero-order valence-corrected chi connectivity index (χ0v) is 25.3. The summed E-state index contributed by atoms with van der Waals surface area (Å²) in [5.74, 6) is -0.114. The number of hydrogen-bond donors (Lipinski definition) is 2. The number of imidazole rings is 1. The number of ether oxygens (including phenoxy) is 2. The molecule has 2 heterocycles. The number of hydrogen-bond acceptors (Lipinski definition) is 5. The van der Waals surface area contributed by atoms with Crippen LogP contribution in [0.4, 0.5) is 0 Å². The van der Waals surface area contributed by atoms with E-state index in [1.54, 1.807) is 23.0 Å². The van der Waals surface area contributed by atoms with Crippen molar-refractivity contribution in [1.29, 1.82) is 0 Å². The summed E-state index contributed by atoms with van der Waals surface area (Å²) in [5, 5.41) is 13.1. The first-order valence-corrected chi connectivity index (χ1v) is 15.1. The molecular weight excluding hydrogens is 597 g/mol. The van der Waals surface area contributed by atoms with Crippen LogP contribution in [0.2, 0.25) is 10.3 Å². The first-order valence-electron chi connectivity index (χ1n) is 14.4. The van der Waals surface area contributed by atoms with Crippen molar-refractivity contribution in [3.63, 3.8) is 0 Å². The van der Waals surface area contributed by atoms with Gasteiger partial charge in [0.25, 0.3) is 5.91 Å². The summed E-state index contributed by atoms with van der Waals surface area (Å²) in [7, 11) is 0. The molecule has 5 aromatic rings. The third-order valence-corrected chi connectivity index (χ3v) is 8.50. The summed E-state index contributed by atoms with van der Waals surface area (Å²) in [6, 6.07) is 33.1. The Hall–Kier alpha value is -3.98. The van der Waals surface area contributed by atoms with E-state index in [0.29, 0.717) is 30.2 Å². The molecule has 1 fully saturated rings. The standard InChI is InChI=1S/C35H31Cl2N3O4/c36-32-33(37)40(22-39-32)20-29-18-31(25-12-10-23(21-41)11-13-25)44-35(43-29)27-16-14-24(15-17-27)30-9-5-4-8-28(30)19-38-34(42)26-6-2-1-3-7-26/h1-17,22,29,31,35,41H,18-21H2,(H,38,42). The highest BCUT2D eigenvalue weighted by Gasteiger charge is 2.33. The van der Waals surface area contributed by atoms with Crippen molar-refractivity contribution in [2.45, 2.75) is 44.6 Å². The lowest BCUT2D eigenvalue weighted by molar-refractivity contribution is -0.252. The largest absolute Gasteiger partial charge is 0.392 e. The quantitative estimate of drug-likeness (QED) is 0.176. The molecule has 44 heavy (non-hydrogen) atoms. The fourth-order valence-corrected chi connectivity index (χ4v) is 5.68. The molecule has 1 amide bonds. The first kappa shape index (κ1) is 30.1. The predicted octanol–water partition coefficient (Wildman–Crippen LogP) is 7.52. The molecule has 0 radical (unpaired) electrons. The third-order valence-electron chi connectivity index (χ3n) is 7.73. The molecule has 1 aliphatic rings. The molecule has 0 aliphatic carbocycles. The molecule has 0 bridgehead atoms. The van der Waals surface area contributed by atoms with E-state index in [1.807, 2.05) is 84.9 Å². The van der Waals surface area contributed by atoms with Gasteiger partial charge in [-0.3, -0.25) is 4.79 Å². The first-order chi connectivity index (χ1) is 21.5. The van der Waals surface area contributed by atoms with Crippen molar-refractivity contribution in [2.75, 3.05) is 0 Å². The average Bonchev–Trinajstić information content (AvgIpc) is 3.39. The fraction of sp³-hybridized carbons (Fsp3) is 0.200. The number of nitrogens with one attached hydrogen (secondary N) is 1. The summed E-state index contributed by atoms with van der Waals surface area (Å²) in [5.41, 5.74) is 6.40. The van der Waals surface area contributed by atoms with Gasteiger partial charge in [-0.1, -0.05) is 114 Å². The van der Waals surface area contributed by atoms with Gasteiger partial charge in [-0.15, -0.1) is 0 Å². The summed E-state index contributed by atoms with van der Waals surface area (Å²) in [4.78, 5) is 16.7. The molecule has 9 heteroatoms. The van der Waals surface area contributed by atoms with Crippen LogP contribution in [0.25, 0.3) is 11.1 Å². The summed E-state index contributed by atoms with van der Waals surface area (Å²) < 4.78 is 14.7. The van der Waals surface area contributed by atoms with Crippen LogP contribution in [0.15, 0.2) is 109 Å². The molecule has 0 saturated carbocycles. The van der Waals surface area contributed by atoms with E-state index < -0.39 is 6.29 Å². The van der Waals surface area contributed by atoms with E-state index in [4.69, 9.17) is 32.7 Å². The molecule has 1 aromatic heterocycles. The van der Waals surface area contributed by atoms with Gasteiger partial charge in [-0.25, -0.2) is 4.98 Å². The van der Waals surface area contributed by atoms with Gasteiger partial charge in [-0.05, 0) is 39.9 Å². The minimum atomic E-state index is -0.622.